The van der Waals surface area contributed by atoms with E-state index in [-0.39, 0.29) is 0 Å². The predicted molar refractivity (Wildman–Crippen MR) is 44.4 cm³/mol. The molecule has 0 atom stereocenters. The first-order valence-electron chi connectivity index (χ1n) is 3.33. The highest BCUT2D eigenvalue weighted by Crippen LogP contribution is 2.06. The van der Waals surface area contributed by atoms with E-state index in [1.165, 1.54) is 11.9 Å². The highest BCUT2D eigenvalue weighted by atomic mass is 15.2. The molecule has 0 fully saturated rings. The average molecular weight is 141 g/mol. The van der Waals surface area contributed by atoms with Crippen LogP contribution in [0.5, 0.6) is 0 Å². The summed E-state index contributed by atoms with van der Waals surface area (Å²) in [5.41, 5.74) is 3.57. The molecule has 0 aromatic rings. The van der Waals surface area contributed by atoms with Gasteiger partial charge in [0.05, 0.1) is 0 Å². The smallest absolute Gasteiger partial charge is 0.102 e. The Balaban J connectivity index is 3.79. The first kappa shape index (κ1) is 9.17. The fourth-order valence-electron chi connectivity index (χ4n) is 0.347. The zero-order chi connectivity index (χ0) is 7.98. The van der Waals surface area contributed by atoms with Gasteiger partial charge in [-0.2, -0.15) is 0 Å². The van der Waals surface area contributed by atoms with Gasteiger partial charge < -0.3 is 5.43 Å². The molecule has 0 heterocycles. The molecular weight excluding hydrogens is 126 g/mol. The molecule has 0 aliphatic heterocycles. The van der Waals surface area contributed by atoms with E-state index in [1.807, 2.05) is 6.92 Å². The van der Waals surface area contributed by atoms with Gasteiger partial charge in [-0.15, -0.1) is 0 Å². The molecule has 0 spiro atoms. The maximum atomic E-state index is 4.96. The topological polar surface area (TPSA) is 50.4 Å². The summed E-state index contributed by atoms with van der Waals surface area (Å²) in [6.45, 7) is 6.28. The van der Waals surface area contributed by atoms with E-state index in [2.05, 4.69) is 24.3 Å². The van der Waals surface area contributed by atoms with Crippen LogP contribution in [0.1, 0.15) is 20.8 Å². The van der Waals surface area contributed by atoms with Crippen LogP contribution in [0.25, 0.3) is 0 Å². The molecule has 0 saturated heterocycles. The number of nitrogens with two attached hydrogens (primary N) is 1. The maximum Gasteiger partial charge on any atom is 0.102 e. The second kappa shape index (κ2) is 4.99. The zero-order valence-corrected chi connectivity index (χ0v) is 6.76. The van der Waals surface area contributed by atoms with E-state index >= 15 is 0 Å². The Hall–Kier alpha value is -0.830. The number of rotatable bonds is 3. The SMILES string of the molecule is C/C(=C\N=CNN)C(C)C. The largest absolute Gasteiger partial charge is 0.315 e. The lowest BCUT2D eigenvalue weighted by atomic mass is 10.1. The number of allylic oxidation sites excluding steroid dienone is 1. The summed E-state index contributed by atoms with van der Waals surface area (Å²) in [6, 6.07) is 0. The van der Waals surface area contributed by atoms with Crippen LogP contribution in [0.4, 0.5) is 0 Å². The molecule has 0 radical (unpaired) electrons. The van der Waals surface area contributed by atoms with Crippen molar-refractivity contribution in [2.75, 3.05) is 0 Å². The van der Waals surface area contributed by atoms with Gasteiger partial charge in [0.25, 0.3) is 0 Å². The summed E-state index contributed by atoms with van der Waals surface area (Å²) in [5, 5.41) is 0. The first-order valence-corrected chi connectivity index (χ1v) is 3.33. The molecule has 0 bridgehead atoms. The Bertz CT molecular complexity index is 136. The number of hydrogen-bond donors (Lipinski definition) is 2. The fourth-order valence-corrected chi connectivity index (χ4v) is 0.347. The molecule has 3 N–H and O–H groups in total. The second-order valence-electron chi connectivity index (χ2n) is 2.47. The number of hydrogen-bond acceptors (Lipinski definition) is 2. The Morgan fingerprint density at radius 2 is 2.20 bits per heavy atom. The van der Waals surface area contributed by atoms with Crippen LogP contribution in [0, 0.1) is 5.92 Å². The molecule has 58 valence electrons. The third-order valence-corrected chi connectivity index (χ3v) is 1.34. The Labute approximate surface area is 62.0 Å². The lowest BCUT2D eigenvalue weighted by Gasteiger charge is -2.00. The van der Waals surface area contributed by atoms with Gasteiger partial charge in [-0.25, -0.2) is 10.8 Å². The summed E-state index contributed by atoms with van der Waals surface area (Å²) < 4.78 is 0. The third-order valence-electron chi connectivity index (χ3n) is 1.34. The Kier molecular flexibility index (Phi) is 4.58. The molecule has 0 aromatic heterocycles. The normalized spacial score (nSPS) is 13.1. The van der Waals surface area contributed by atoms with Gasteiger partial charge in [0.1, 0.15) is 6.34 Å². The Morgan fingerprint density at radius 1 is 1.60 bits per heavy atom. The molecule has 0 aliphatic rings. The molecular formula is C7H15N3. The van der Waals surface area contributed by atoms with Crippen molar-refractivity contribution >= 4 is 6.34 Å². The van der Waals surface area contributed by atoms with Crippen LogP contribution in [-0.2, 0) is 0 Å². The van der Waals surface area contributed by atoms with Crippen LogP contribution in [-0.4, -0.2) is 6.34 Å². The molecule has 0 aliphatic carbocycles. The van der Waals surface area contributed by atoms with Crippen molar-refractivity contribution in [3.8, 4) is 0 Å². The number of nitrogens with zero attached hydrogens (tertiary/aromatic N) is 1. The van der Waals surface area contributed by atoms with Crippen molar-refractivity contribution in [2.45, 2.75) is 20.8 Å². The third kappa shape index (κ3) is 4.09. The van der Waals surface area contributed by atoms with Gasteiger partial charge in [0.15, 0.2) is 0 Å². The van der Waals surface area contributed by atoms with Crippen molar-refractivity contribution < 1.29 is 0 Å². The van der Waals surface area contributed by atoms with E-state index in [9.17, 15) is 0 Å². The lowest BCUT2D eigenvalue weighted by molar-refractivity contribution is 0.766. The van der Waals surface area contributed by atoms with Crippen molar-refractivity contribution in [3.63, 3.8) is 0 Å². The lowest BCUT2D eigenvalue weighted by Crippen LogP contribution is -2.18. The minimum Gasteiger partial charge on any atom is -0.315 e. The van der Waals surface area contributed by atoms with Crippen LogP contribution in [0.3, 0.4) is 0 Å². The zero-order valence-electron chi connectivity index (χ0n) is 6.76. The standard InChI is InChI=1S/C7H15N3/c1-6(2)7(3)4-9-5-10-8/h4-6H,8H2,1-3H3,(H,9,10)/b7-4+. The van der Waals surface area contributed by atoms with Crippen molar-refractivity contribution in [2.24, 2.45) is 16.8 Å². The maximum absolute atomic E-state index is 4.96. The number of nitrogens with one attached hydrogen (secondary N) is 1. The predicted octanol–water partition coefficient (Wildman–Crippen LogP) is 1.04. The fraction of sp³-hybridized carbons (Fsp3) is 0.571. The molecule has 0 unspecified atom stereocenters. The quantitative estimate of drug-likeness (QED) is 0.267. The van der Waals surface area contributed by atoms with Gasteiger partial charge in [0.2, 0.25) is 0 Å². The van der Waals surface area contributed by atoms with E-state index < -0.39 is 0 Å². The first-order chi connectivity index (χ1) is 4.68. The van der Waals surface area contributed by atoms with Crippen LogP contribution in [0.15, 0.2) is 16.8 Å². The van der Waals surface area contributed by atoms with Gasteiger partial charge in [-0.1, -0.05) is 19.4 Å². The monoisotopic (exact) mass is 141 g/mol. The van der Waals surface area contributed by atoms with Gasteiger partial charge in [-0.3, -0.25) is 0 Å². The summed E-state index contributed by atoms with van der Waals surface area (Å²) in [4.78, 5) is 3.89. The highest BCUT2D eigenvalue weighted by molar-refractivity contribution is 5.54. The van der Waals surface area contributed by atoms with Crippen molar-refractivity contribution in [1.29, 1.82) is 0 Å². The molecule has 0 aromatic carbocycles. The van der Waals surface area contributed by atoms with Crippen LogP contribution in [0.2, 0.25) is 0 Å². The van der Waals surface area contributed by atoms with E-state index in [1.54, 1.807) is 6.20 Å². The number of hydrazine groups is 1. The minimum atomic E-state index is 0.551. The summed E-state index contributed by atoms with van der Waals surface area (Å²) >= 11 is 0. The van der Waals surface area contributed by atoms with E-state index in [0.29, 0.717) is 5.92 Å². The van der Waals surface area contributed by atoms with Gasteiger partial charge >= 0.3 is 0 Å². The molecule has 0 rings (SSSR count). The molecule has 10 heavy (non-hydrogen) atoms. The minimum absolute atomic E-state index is 0.551. The molecule has 3 heteroatoms. The molecule has 0 amide bonds. The Morgan fingerprint density at radius 3 is 2.60 bits per heavy atom. The summed E-state index contributed by atoms with van der Waals surface area (Å²) in [5.74, 6) is 5.51. The average Bonchev–Trinajstić information content (AvgIpc) is 1.88. The van der Waals surface area contributed by atoms with Crippen LogP contribution >= 0.6 is 0 Å². The van der Waals surface area contributed by atoms with Crippen molar-refractivity contribution in [1.82, 2.24) is 5.43 Å². The summed E-state index contributed by atoms with van der Waals surface area (Å²) in [7, 11) is 0. The van der Waals surface area contributed by atoms with E-state index in [4.69, 9.17) is 5.84 Å². The molecule has 3 nitrogen and oxygen atoms in total. The highest BCUT2D eigenvalue weighted by Gasteiger charge is 1.92. The van der Waals surface area contributed by atoms with Crippen LogP contribution < -0.4 is 11.3 Å². The second-order valence-corrected chi connectivity index (χ2v) is 2.47. The summed E-state index contributed by atoms with van der Waals surface area (Å²) in [6.07, 6.45) is 3.25. The molecule has 0 saturated carbocycles. The number of aliphatic imine (C=N–C) groups is 1. The van der Waals surface area contributed by atoms with Crippen molar-refractivity contribution in [3.05, 3.63) is 11.8 Å². The van der Waals surface area contributed by atoms with Gasteiger partial charge in [-0.05, 0) is 12.8 Å². The van der Waals surface area contributed by atoms with E-state index in [0.717, 1.165) is 0 Å². The van der Waals surface area contributed by atoms with Gasteiger partial charge in [0, 0.05) is 6.20 Å².